The SMILES string of the molecule is Cc1cc(N2C[C@H](S(=O)(=O)c3ccccc3Cl)C[C@H]2C(=O)O)n(Cc2ccc(Cl)cc2)n1. The van der Waals surface area contributed by atoms with Crippen molar-refractivity contribution in [3.8, 4) is 0 Å². The number of aryl methyl sites for hydroxylation is 1. The second kappa shape index (κ2) is 8.77. The van der Waals surface area contributed by atoms with Gasteiger partial charge < -0.3 is 10.0 Å². The Labute approximate surface area is 196 Å². The summed E-state index contributed by atoms with van der Waals surface area (Å²) in [6.45, 7) is 2.23. The van der Waals surface area contributed by atoms with E-state index in [0.29, 0.717) is 23.1 Å². The third kappa shape index (κ3) is 4.35. The highest BCUT2D eigenvalue weighted by atomic mass is 35.5. The van der Waals surface area contributed by atoms with E-state index in [4.69, 9.17) is 23.2 Å². The van der Waals surface area contributed by atoms with Crippen molar-refractivity contribution in [3.05, 3.63) is 75.9 Å². The Hall–Kier alpha value is -2.55. The lowest BCUT2D eigenvalue weighted by molar-refractivity contribution is -0.138. The van der Waals surface area contributed by atoms with E-state index in [2.05, 4.69) is 5.10 Å². The molecule has 0 saturated carbocycles. The molecule has 32 heavy (non-hydrogen) atoms. The van der Waals surface area contributed by atoms with Crippen molar-refractivity contribution < 1.29 is 18.3 Å². The van der Waals surface area contributed by atoms with Crippen molar-refractivity contribution in [2.45, 2.75) is 36.1 Å². The maximum Gasteiger partial charge on any atom is 0.326 e. The van der Waals surface area contributed by atoms with Gasteiger partial charge in [0.25, 0.3) is 0 Å². The van der Waals surface area contributed by atoms with E-state index in [1.54, 1.807) is 39.9 Å². The molecule has 1 aliphatic heterocycles. The lowest BCUT2D eigenvalue weighted by Crippen LogP contribution is -2.37. The number of rotatable bonds is 6. The van der Waals surface area contributed by atoms with Gasteiger partial charge in [-0.2, -0.15) is 5.10 Å². The minimum absolute atomic E-state index is 0.0171. The minimum Gasteiger partial charge on any atom is -0.480 e. The predicted octanol–water partition coefficient (Wildman–Crippen LogP) is 4.05. The van der Waals surface area contributed by atoms with Crippen LogP contribution in [0.4, 0.5) is 5.82 Å². The van der Waals surface area contributed by atoms with E-state index in [-0.39, 0.29) is 22.9 Å². The van der Waals surface area contributed by atoms with Gasteiger partial charge in [-0.3, -0.25) is 0 Å². The average molecular weight is 494 g/mol. The van der Waals surface area contributed by atoms with Gasteiger partial charge in [-0.15, -0.1) is 0 Å². The number of benzene rings is 2. The van der Waals surface area contributed by atoms with E-state index in [1.807, 2.05) is 19.1 Å². The molecular weight excluding hydrogens is 473 g/mol. The molecule has 1 aliphatic rings. The van der Waals surface area contributed by atoms with Gasteiger partial charge in [0, 0.05) is 17.6 Å². The highest BCUT2D eigenvalue weighted by Gasteiger charge is 2.45. The highest BCUT2D eigenvalue weighted by molar-refractivity contribution is 7.92. The monoisotopic (exact) mass is 493 g/mol. The fourth-order valence-electron chi connectivity index (χ4n) is 4.01. The van der Waals surface area contributed by atoms with E-state index in [9.17, 15) is 18.3 Å². The summed E-state index contributed by atoms with van der Waals surface area (Å²) in [5.74, 6) is -0.527. The molecule has 0 bridgehead atoms. The number of hydrogen-bond acceptors (Lipinski definition) is 5. The summed E-state index contributed by atoms with van der Waals surface area (Å²) in [7, 11) is -3.83. The van der Waals surface area contributed by atoms with Crippen LogP contribution >= 0.6 is 23.2 Å². The third-order valence-electron chi connectivity index (χ3n) is 5.55. The summed E-state index contributed by atoms with van der Waals surface area (Å²) in [4.78, 5) is 13.7. The standard InChI is InChI=1S/C22H21Cl2N3O4S/c1-14-10-21(27(25-14)12-15-6-8-16(23)9-7-15)26-13-17(11-19(26)22(28)29)32(30,31)20-5-3-2-4-18(20)24/h2-10,17,19H,11-13H2,1H3,(H,28,29)/t17-,19+/m1/s1. The Morgan fingerprint density at radius 1 is 1.16 bits per heavy atom. The minimum atomic E-state index is -3.83. The van der Waals surface area contributed by atoms with Gasteiger partial charge in [0.05, 0.1) is 27.4 Å². The predicted molar refractivity (Wildman–Crippen MR) is 123 cm³/mol. The van der Waals surface area contributed by atoms with Crippen LogP contribution in [0.1, 0.15) is 17.7 Å². The zero-order valence-corrected chi connectivity index (χ0v) is 19.5. The lowest BCUT2D eigenvalue weighted by Gasteiger charge is -2.24. The number of carbonyl (C=O) groups is 1. The van der Waals surface area contributed by atoms with E-state index < -0.39 is 27.1 Å². The normalized spacial score (nSPS) is 18.8. The Morgan fingerprint density at radius 3 is 2.50 bits per heavy atom. The zero-order chi connectivity index (χ0) is 23.0. The van der Waals surface area contributed by atoms with Crippen molar-refractivity contribution in [2.24, 2.45) is 0 Å². The lowest BCUT2D eigenvalue weighted by atomic mass is 10.2. The number of nitrogens with zero attached hydrogens (tertiary/aromatic N) is 3. The van der Waals surface area contributed by atoms with Crippen LogP contribution in [-0.4, -0.2) is 47.1 Å². The number of carboxylic acid groups (broad SMARTS) is 1. The number of anilines is 1. The first-order valence-corrected chi connectivity index (χ1v) is 12.2. The van der Waals surface area contributed by atoms with Gasteiger partial charge >= 0.3 is 5.97 Å². The Morgan fingerprint density at radius 2 is 1.84 bits per heavy atom. The maximum atomic E-state index is 13.3. The topological polar surface area (TPSA) is 92.5 Å². The molecule has 0 spiro atoms. The first kappa shape index (κ1) is 22.6. The first-order valence-electron chi connectivity index (χ1n) is 9.93. The van der Waals surface area contributed by atoms with Crippen LogP contribution in [-0.2, 0) is 21.2 Å². The largest absolute Gasteiger partial charge is 0.480 e. The van der Waals surface area contributed by atoms with Crippen LogP contribution in [0.25, 0.3) is 0 Å². The molecule has 4 rings (SSSR count). The van der Waals surface area contributed by atoms with E-state index in [0.717, 1.165) is 5.56 Å². The Bertz CT molecular complexity index is 1260. The molecule has 1 aromatic heterocycles. The Kier molecular flexibility index (Phi) is 6.20. The summed E-state index contributed by atoms with van der Waals surface area (Å²) >= 11 is 12.1. The molecule has 7 nitrogen and oxygen atoms in total. The van der Waals surface area contributed by atoms with Crippen LogP contribution in [0.2, 0.25) is 10.0 Å². The second-order valence-electron chi connectivity index (χ2n) is 7.77. The number of hydrogen-bond donors (Lipinski definition) is 1. The zero-order valence-electron chi connectivity index (χ0n) is 17.1. The number of aliphatic carboxylic acids is 1. The molecule has 2 atom stereocenters. The third-order valence-corrected chi connectivity index (χ3v) is 8.43. The summed E-state index contributed by atoms with van der Waals surface area (Å²) in [5.41, 5.74) is 1.64. The van der Waals surface area contributed by atoms with Crippen molar-refractivity contribution in [2.75, 3.05) is 11.4 Å². The number of halogens is 2. The summed E-state index contributed by atoms with van der Waals surface area (Å²) in [6.07, 6.45) is -0.0476. The molecule has 0 aliphatic carbocycles. The molecule has 2 heterocycles. The number of aromatic nitrogens is 2. The summed E-state index contributed by atoms with van der Waals surface area (Å²) in [5, 5.41) is 14.2. The van der Waals surface area contributed by atoms with Gasteiger partial charge in [-0.25, -0.2) is 17.9 Å². The van der Waals surface area contributed by atoms with Crippen molar-refractivity contribution in [3.63, 3.8) is 0 Å². The number of sulfone groups is 1. The summed E-state index contributed by atoms with van der Waals surface area (Å²) < 4.78 is 28.2. The first-order chi connectivity index (χ1) is 15.2. The van der Waals surface area contributed by atoms with E-state index >= 15 is 0 Å². The van der Waals surface area contributed by atoms with Crippen LogP contribution in [0.5, 0.6) is 0 Å². The molecule has 1 fully saturated rings. The second-order valence-corrected chi connectivity index (χ2v) is 10.8. The van der Waals surface area contributed by atoms with Crippen LogP contribution in [0.3, 0.4) is 0 Å². The molecule has 1 N–H and O–H groups in total. The maximum absolute atomic E-state index is 13.3. The quantitative estimate of drug-likeness (QED) is 0.556. The molecule has 0 amide bonds. The van der Waals surface area contributed by atoms with Crippen molar-refractivity contribution in [1.29, 1.82) is 0 Å². The van der Waals surface area contributed by atoms with Crippen LogP contribution < -0.4 is 4.90 Å². The van der Waals surface area contributed by atoms with Gasteiger partial charge in [0.2, 0.25) is 0 Å². The molecule has 2 aromatic carbocycles. The van der Waals surface area contributed by atoms with Gasteiger partial charge in [-0.05, 0) is 43.2 Å². The molecule has 0 unspecified atom stereocenters. The number of carboxylic acids is 1. The van der Waals surface area contributed by atoms with Gasteiger partial charge in [0.15, 0.2) is 9.84 Å². The van der Waals surface area contributed by atoms with E-state index in [1.165, 1.54) is 12.1 Å². The molecule has 1 saturated heterocycles. The Balaban J connectivity index is 1.68. The molecule has 10 heteroatoms. The average Bonchev–Trinajstić information content (AvgIpc) is 3.34. The summed E-state index contributed by atoms with van der Waals surface area (Å²) in [6, 6.07) is 14.3. The molecule has 3 aromatic rings. The van der Waals surface area contributed by atoms with Gasteiger partial charge in [-0.1, -0.05) is 47.5 Å². The fraction of sp³-hybridized carbons (Fsp3) is 0.273. The molecule has 0 radical (unpaired) electrons. The van der Waals surface area contributed by atoms with Crippen molar-refractivity contribution >= 4 is 44.8 Å². The van der Waals surface area contributed by atoms with Crippen molar-refractivity contribution in [1.82, 2.24) is 9.78 Å². The fourth-order valence-corrected chi connectivity index (χ4v) is 6.35. The molecular formula is C22H21Cl2N3O4S. The molecule has 168 valence electrons. The smallest absolute Gasteiger partial charge is 0.326 e. The van der Waals surface area contributed by atoms with Gasteiger partial charge in [0.1, 0.15) is 11.9 Å². The van der Waals surface area contributed by atoms with Crippen LogP contribution in [0.15, 0.2) is 59.5 Å². The highest BCUT2D eigenvalue weighted by Crippen LogP contribution is 2.34. The van der Waals surface area contributed by atoms with Crippen LogP contribution in [0, 0.1) is 6.92 Å².